The molecule has 1 heterocycles. The molecule has 8 heteroatoms. The quantitative estimate of drug-likeness (QED) is 0.455. The minimum atomic E-state index is -0.601. The van der Waals surface area contributed by atoms with E-state index in [0.29, 0.717) is 19.5 Å². The fourth-order valence-electron chi connectivity index (χ4n) is 2.02. The molecule has 0 aliphatic rings. The number of rotatable bonds is 7. The first kappa shape index (κ1) is 17.7. The van der Waals surface area contributed by atoms with E-state index < -0.39 is 10.8 Å². The highest BCUT2D eigenvalue weighted by Gasteiger charge is 2.19. The zero-order chi connectivity index (χ0) is 17.5. The van der Waals surface area contributed by atoms with Crippen molar-refractivity contribution in [1.29, 1.82) is 0 Å². The number of aromatic nitrogens is 1. The van der Waals surface area contributed by atoms with Crippen molar-refractivity contribution in [2.45, 2.75) is 13.3 Å². The molecule has 24 heavy (non-hydrogen) atoms. The maximum absolute atomic E-state index is 12.1. The van der Waals surface area contributed by atoms with Gasteiger partial charge in [-0.2, -0.15) is 0 Å². The van der Waals surface area contributed by atoms with E-state index >= 15 is 0 Å². The van der Waals surface area contributed by atoms with Gasteiger partial charge in [0.05, 0.1) is 4.92 Å². The number of aryl methyl sites for hydroxylation is 1. The van der Waals surface area contributed by atoms with Crippen LogP contribution in [0.2, 0.25) is 5.02 Å². The molecule has 0 unspecified atom stereocenters. The lowest BCUT2D eigenvalue weighted by Crippen LogP contribution is -2.26. The monoisotopic (exact) mass is 348 g/mol. The van der Waals surface area contributed by atoms with Gasteiger partial charge in [0.2, 0.25) is 0 Å². The minimum Gasteiger partial charge on any atom is -0.370 e. The van der Waals surface area contributed by atoms with E-state index in [-0.39, 0.29) is 16.3 Å². The normalized spacial score (nSPS) is 10.2. The van der Waals surface area contributed by atoms with Gasteiger partial charge in [-0.05, 0) is 37.1 Å². The Balaban J connectivity index is 1.82. The summed E-state index contributed by atoms with van der Waals surface area (Å²) in [4.78, 5) is 26.7. The van der Waals surface area contributed by atoms with Gasteiger partial charge in [0, 0.05) is 30.4 Å². The molecule has 0 bridgehead atoms. The van der Waals surface area contributed by atoms with Crippen LogP contribution in [-0.4, -0.2) is 28.9 Å². The Morgan fingerprint density at radius 2 is 2.08 bits per heavy atom. The average Bonchev–Trinajstić information content (AvgIpc) is 2.55. The van der Waals surface area contributed by atoms with Crippen molar-refractivity contribution < 1.29 is 9.72 Å². The minimum absolute atomic E-state index is 0.0411. The number of nitro benzene ring substituents is 1. The van der Waals surface area contributed by atoms with Gasteiger partial charge in [-0.1, -0.05) is 17.7 Å². The van der Waals surface area contributed by atoms with E-state index in [9.17, 15) is 14.9 Å². The summed E-state index contributed by atoms with van der Waals surface area (Å²) in [6.07, 6.45) is 2.41. The SMILES string of the molecule is Cc1ccc(NCCCNC(=O)c2cc(Cl)ccc2[N+](=O)[O-])nc1. The number of hydrogen-bond donors (Lipinski definition) is 2. The summed E-state index contributed by atoms with van der Waals surface area (Å²) in [6.45, 7) is 2.96. The van der Waals surface area contributed by atoms with Crippen molar-refractivity contribution in [2.24, 2.45) is 0 Å². The second kappa shape index (κ2) is 8.26. The molecule has 7 nitrogen and oxygen atoms in total. The third-order valence-corrected chi connectivity index (χ3v) is 3.49. The highest BCUT2D eigenvalue weighted by Crippen LogP contribution is 2.22. The number of nitrogens with one attached hydrogen (secondary N) is 2. The summed E-state index contributed by atoms with van der Waals surface area (Å²) < 4.78 is 0. The molecule has 2 aromatic rings. The summed E-state index contributed by atoms with van der Waals surface area (Å²) in [5.74, 6) is 0.245. The van der Waals surface area contributed by atoms with E-state index in [1.165, 1.54) is 18.2 Å². The number of amides is 1. The van der Waals surface area contributed by atoms with Crippen LogP contribution in [0.15, 0.2) is 36.5 Å². The van der Waals surface area contributed by atoms with Crippen molar-refractivity contribution in [2.75, 3.05) is 18.4 Å². The predicted octanol–water partition coefficient (Wildman–Crippen LogP) is 3.18. The summed E-state index contributed by atoms with van der Waals surface area (Å²) in [5.41, 5.74) is 0.774. The van der Waals surface area contributed by atoms with Crippen LogP contribution in [0.5, 0.6) is 0 Å². The Bertz CT molecular complexity index is 735. The van der Waals surface area contributed by atoms with Crippen LogP contribution in [0.4, 0.5) is 11.5 Å². The van der Waals surface area contributed by atoms with E-state index in [4.69, 9.17) is 11.6 Å². The fraction of sp³-hybridized carbons (Fsp3) is 0.250. The van der Waals surface area contributed by atoms with Gasteiger partial charge >= 0.3 is 0 Å². The second-order valence-corrected chi connectivity index (χ2v) is 5.61. The molecule has 0 atom stereocenters. The van der Waals surface area contributed by atoms with Gasteiger partial charge in [0.1, 0.15) is 11.4 Å². The van der Waals surface area contributed by atoms with Crippen LogP contribution < -0.4 is 10.6 Å². The van der Waals surface area contributed by atoms with Gasteiger partial charge in [-0.25, -0.2) is 4.98 Å². The molecule has 0 saturated heterocycles. The van der Waals surface area contributed by atoms with Crippen molar-refractivity contribution in [3.05, 3.63) is 62.8 Å². The number of pyridine rings is 1. The van der Waals surface area contributed by atoms with Crippen molar-refractivity contribution in [3.8, 4) is 0 Å². The molecule has 0 aliphatic carbocycles. The third kappa shape index (κ3) is 4.92. The second-order valence-electron chi connectivity index (χ2n) is 5.18. The average molecular weight is 349 g/mol. The Morgan fingerprint density at radius 1 is 1.29 bits per heavy atom. The number of benzene rings is 1. The highest BCUT2D eigenvalue weighted by molar-refractivity contribution is 6.31. The number of carbonyl (C=O) groups is 1. The summed E-state index contributed by atoms with van der Waals surface area (Å²) >= 11 is 5.81. The lowest BCUT2D eigenvalue weighted by molar-refractivity contribution is -0.385. The molecular weight excluding hydrogens is 332 g/mol. The van der Waals surface area contributed by atoms with Crippen molar-refractivity contribution in [3.63, 3.8) is 0 Å². The number of halogens is 1. The van der Waals surface area contributed by atoms with E-state index in [1.807, 2.05) is 19.1 Å². The summed E-state index contributed by atoms with van der Waals surface area (Å²) in [5, 5.41) is 17.0. The molecule has 0 spiro atoms. The van der Waals surface area contributed by atoms with Gasteiger partial charge in [0.25, 0.3) is 11.6 Å². The van der Waals surface area contributed by atoms with Crippen LogP contribution in [0.3, 0.4) is 0 Å². The first-order valence-electron chi connectivity index (χ1n) is 7.36. The van der Waals surface area contributed by atoms with Gasteiger partial charge < -0.3 is 10.6 Å². The number of carbonyl (C=O) groups excluding carboxylic acids is 1. The summed E-state index contributed by atoms with van der Waals surface area (Å²) in [7, 11) is 0. The van der Waals surface area contributed by atoms with Crippen LogP contribution in [0.1, 0.15) is 22.3 Å². The van der Waals surface area contributed by atoms with Crippen LogP contribution in [-0.2, 0) is 0 Å². The molecular formula is C16H17ClN4O3. The molecule has 0 radical (unpaired) electrons. The maximum atomic E-state index is 12.1. The Morgan fingerprint density at radius 3 is 2.75 bits per heavy atom. The number of anilines is 1. The predicted molar refractivity (Wildman–Crippen MR) is 92.5 cm³/mol. The van der Waals surface area contributed by atoms with E-state index in [0.717, 1.165) is 11.4 Å². The first-order chi connectivity index (χ1) is 11.5. The standard InChI is InChI=1S/C16H17ClN4O3/c1-11-3-6-15(20-10-11)18-7-2-8-19-16(22)13-9-12(17)4-5-14(13)21(23)24/h3-6,9-10H,2,7-8H2,1H3,(H,18,20)(H,19,22). The van der Waals surface area contributed by atoms with Crippen LogP contribution in [0.25, 0.3) is 0 Å². The van der Waals surface area contributed by atoms with Gasteiger partial charge in [-0.15, -0.1) is 0 Å². The zero-order valence-electron chi connectivity index (χ0n) is 13.1. The highest BCUT2D eigenvalue weighted by atomic mass is 35.5. The third-order valence-electron chi connectivity index (χ3n) is 3.26. The lowest BCUT2D eigenvalue weighted by Gasteiger charge is -2.08. The van der Waals surface area contributed by atoms with Crippen molar-refractivity contribution >= 4 is 29.0 Å². The smallest absolute Gasteiger partial charge is 0.282 e. The maximum Gasteiger partial charge on any atom is 0.282 e. The Labute approximate surface area is 144 Å². The molecule has 1 amide bonds. The lowest BCUT2D eigenvalue weighted by atomic mass is 10.1. The van der Waals surface area contributed by atoms with Gasteiger partial charge in [0.15, 0.2) is 0 Å². The molecule has 1 aromatic carbocycles. The molecule has 126 valence electrons. The topological polar surface area (TPSA) is 97.2 Å². The molecule has 2 N–H and O–H groups in total. The van der Waals surface area contributed by atoms with Crippen molar-refractivity contribution in [1.82, 2.24) is 10.3 Å². The number of nitrogens with zero attached hydrogens (tertiary/aromatic N) is 2. The molecule has 0 aliphatic heterocycles. The Kier molecular flexibility index (Phi) is 6.08. The number of nitro groups is 1. The largest absolute Gasteiger partial charge is 0.370 e. The van der Waals surface area contributed by atoms with E-state index in [2.05, 4.69) is 15.6 Å². The fourth-order valence-corrected chi connectivity index (χ4v) is 2.20. The first-order valence-corrected chi connectivity index (χ1v) is 7.74. The molecule has 1 aromatic heterocycles. The van der Waals surface area contributed by atoms with E-state index in [1.54, 1.807) is 6.20 Å². The number of hydrogen-bond acceptors (Lipinski definition) is 5. The molecule has 0 saturated carbocycles. The Hall–Kier alpha value is -2.67. The summed E-state index contributed by atoms with van der Waals surface area (Å²) in [6, 6.07) is 7.74. The molecule has 2 rings (SSSR count). The molecule has 0 fully saturated rings. The van der Waals surface area contributed by atoms with Crippen LogP contribution >= 0.6 is 11.6 Å². The van der Waals surface area contributed by atoms with Gasteiger partial charge in [-0.3, -0.25) is 14.9 Å². The van der Waals surface area contributed by atoms with Crippen LogP contribution in [0, 0.1) is 17.0 Å². The zero-order valence-corrected chi connectivity index (χ0v) is 13.8.